The van der Waals surface area contributed by atoms with E-state index in [0.29, 0.717) is 0 Å². The van der Waals surface area contributed by atoms with Crippen LogP contribution in [0.3, 0.4) is 0 Å². The first-order valence-corrected chi connectivity index (χ1v) is 5.62. The molecule has 0 amide bonds. The molecule has 16 heavy (non-hydrogen) atoms. The largest absolute Gasteiger partial charge is 2.00 e. The van der Waals surface area contributed by atoms with E-state index in [1.54, 1.807) is 0 Å². The number of unbranched alkanes of at least 4 members (excludes halogenated alkanes) is 5. The molecule has 0 nitrogen and oxygen atoms in total. The number of benzene rings is 1. The van der Waals surface area contributed by atoms with E-state index >= 15 is 0 Å². The fraction of sp³-hybridized carbons (Fsp3) is 0.500. The molecule has 0 aliphatic heterocycles. The van der Waals surface area contributed by atoms with Crippen molar-refractivity contribution >= 4 is 35.5 Å². The minimum atomic E-state index is 0. The summed E-state index contributed by atoms with van der Waals surface area (Å²) in [5.41, 5.74) is 0. The van der Waals surface area contributed by atoms with Gasteiger partial charge in [0.25, 0.3) is 0 Å². The van der Waals surface area contributed by atoms with Crippen molar-refractivity contribution in [2.75, 3.05) is 0 Å². The summed E-state index contributed by atoms with van der Waals surface area (Å²) in [6.07, 6.45) is 7.98. The first-order valence-electron chi connectivity index (χ1n) is 5.62. The van der Waals surface area contributed by atoms with Crippen LogP contribution in [-0.2, 0) is 0 Å². The van der Waals surface area contributed by atoms with Crippen LogP contribution in [0.15, 0.2) is 30.3 Å². The van der Waals surface area contributed by atoms with Gasteiger partial charge in [0.15, 0.2) is 0 Å². The Balaban J connectivity index is -0.000000192. The molecule has 0 saturated heterocycles. The van der Waals surface area contributed by atoms with E-state index in [9.17, 15) is 0 Å². The summed E-state index contributed by atoms with van der Waals surface area (Å²) in [7, 11) is 0. The molecule has 0 unspecified atom stereocenters. The first-order chi connectivity index (χ1) is 6.91. The third-order valence-electron chi connectivity index (χ3n) is 1.96. The van der Waals surface area contributed by atoms with Crippen LogP contribution in [0.5, 0.6) is 0 Å². The Morgan fingerprint density at radius 1 is 0.938 bits per heavy atom. The number of hydrogen-bond donors (Lipinski definition) is 0. The number of halogens is 1. The molecule has 0 saturated carbocycles. The molecular weight excluding hydrogens is 228 g/mol. The smallest absolute Gasteiger partial charge is 0.343 e. The van der Waals surface area contributed by atoms with Crippen LogP contribution in [0.25, 0.3) is 0 Å². The summed E-state index contributed by atoms with van der Waals surface area (Å²) >= 11 is 0. The number of hydrogen-bond acceptors (Lipinski definition) is 0. The molecule has 0 aliphatic carbocycles. The van der Waals surface area contributed by atoms with E-state index in [-0.39, 0.29) is 35.5 Å². The summed E-state index contributed by atoms with van der Waals surface area (Å²) in [6.45, 7) is 6.02. The quantitative estimate of drug-likeness (QED) is 0.404. The molecule has 0 fully saturated rings. The van der Waals surface area contributed by atoms with E-state index in [1.165, 1.54) is 32.1 Å². The molecule has 0 heterocycles. The second kappa shape index (κ2) is 20.7. The molecule has 1 aromatic rings. The van der Waals surface area contributed by atoms with Gasteiger partial charge in [-0.3, -0.25) is 0 Å². The van der Waals surface area contributed by atoms with Gasteiger partial charge in [0.2, 0.25) is 0 Å². The fourth-order valence-electron chi connectivity index (χ4n) is 1.12. The van der Waals surface area contributed by atoms with Gasteiger partial charge in [-0.2, -0.15) is 42.8 Å². The van der Waals surface area contributed by atoms with Crippen LogP contribution in [0.4, 0.5) is 0 Å². The van der Waals surface area contributed by atoms with Crippen LogP contribution in [-0.4, -0.2) is 23.1 Å². The standard InChI is InChI=1S/C8H17.C6H5.ClH.Mg/c1-3-5-7-8-6-4-2;1-2-4-6-5-3-1;;/h1,3-8H2,2H3;1-5H;1H;/q2*-1;;+2. The maximum Gasteiger partial charge on any atom is 2.00 e. The molecule has 0 radical (unpaired) electrons. The van der Waals surface area contributed by atoms with Gasteiger partial charge in [0.1, 0.15) is 0 Å². The fourth-order valence-corrected chi connectivity index (χ4v) is 1.12. The Labute approximate surface area is 124 Å². The zero-order valence-corrected chi connectivity index (χ0v) is 12.7. The third kappa shape index (κ3) is 19.8. The summed E-state index contributed by atoms with van der Waals surface area (Å²) in [5.74, 6) is 0. The minimum absolute atomic E-state index is 0. The molecule has 2 heteroatoms. The molecule has 0 N–H and O–H groups in total. The van der Waals surface area contributed by atoms with Crippen molar-refractivity contribution in [3.8, 4) is 0 Å². The second-order valence-corrected chi connectivity index (χ2v) is 3.35. The Bertz CT molecular complexity index is 145. The van der Waals surface area contributed by atoms with Crippen molar-refractivity contribution in [1.29, 1.82) is 0 Å². The monoisotopic (exact) mass is 250 g/mol. The Morgan fingerprint density at radius 2 is 1.50 bits per heavy atom. The second-order valence-electron chi connectivity index (χ2n) is 3.35. The van der Waals surface area contributed by atoms with E-state index in [0.717, 1.165) is 6.42 Å². The number of rotatable bonds is 5. The zero-order valence-electron chi connectivity index (χ0n) is 10.5. The van der Waals surface area contributed by atoms with E-state index in [1.807, 2.05) is 30.3 Å². The summed E-state index contributed by atoms with van der Waals surface area (Å²) < 4.78 is 0. The van der Waals surface area contributed by atoms with E-state index in [4.69, 9.17) is 0 Å². The molecular formula is C14H23ClMg. The average molecular weight is 251 g/mol. The van der Waals surface area contributed by atoms with Gasteiger partial charge in [-0.25, -0.2) is 0 Å². The predicted molar refractivity (Wildman–Crippen MR) is 77.0 cm³/mol. The molecule has 0 bridgehead atoms. The van der Waals surface area contributed by atoms with Crippen molar-refractivity contribution in [3.05, 3.63) is 43.3 Å². The topological polar surface area (TPSA) is 0 Å². The maximum absolute atomic E-state index is 3.78. The van der Waals surface area contributed by atoms with Gasteiger partial charge in [0, 0.05) is 0 Å². The van der Waals surface area contributed by atoms with Crippen molar-refractivity contribution in [2.24, 2.45) is 0 Å². The Morgan fingerprint density at radius 3 is 1.81 bits per heavy atom. The van der Waals surface area contributed by atoms with Gasteiger partial charge in [-0.1, -0.05) is 39.0 Å². The Hall–Kier alpha value is 0.276. The summed E-state index contributed by atoms with van der Waals surface area (Å²) in [4.78, 5) is 0. The molecule has 1 aromatic carbocycles. The van der Waals surface area contributed by atoms with E-state index < -0.39 is 0 Å². The van der Waals surface area contributed by atoms with Crippen LogP contribution in [0, 0.1) is 13.0 Å². The zero-order chi connectivity index (χ0) is 10.5. The summed E-state index contributed by atoms with van der Waals surface area (Å²) in [5, 5.41) is 0. The van der Waals surface area contributed by atoms with Gasteiger partial charge in [-0.15, -0.1) is 12.4 Å². The van der Waals surface area contributed by atoms with Gasteiger partial charge >= 0.3 is 23.1 Å². The minimum Gasteiger partial charge on any atom is -0.343 e. The maximum atomic E-state index is 3.78. The first kappa shape index (κ1) is 21.5. The third-order valence-corrected chi connectivity index (χ3v) is 1.96. The normalized spacial score (nSPS) is 7.88. The summed E-state index contributed by atoms with van der Waals surface area (Å²) in [6, 6.07) is 12.5. The van der Waals surface area contributed by atoms with Crippen molar-refractivity contribution in [3.63, 3.8) is 0 Å². The predicted octanol–water partition coefficient (Wildman–Crippen LogP) is 4.71. The van der Waals surface area contributed by atoms with Gasteiger partial charge < -0.3 is 6.92 Å². The van der Waals surface area contributed by atoms with Crippen molar-refractivity contribution < 1.29 is 0 Å². The van der Waals surface area contributed by atoms with Crippen LogP contribution < -0.4 is 0 Å². The average Bonchev–Trinajstić information content (AvgIpc) is 2.28. The Kier molecular flexibility index (Phi) is 27.8. The van der Waals surface area contributed by atoms with E-state index in [2.05, 4.69) is 19.9 Å². The molecule has 0 spiro atoms. The van der Waals surface area contributed by atoms with Crippen LogP contribution in [0.1, 0.15) is 45.4 Å². The molecule has 0 atom stereocenters. The van der Waals surface area contributed by atoms with Gasteiger partial charge in [0.05, 0.1) is 0 Å². The molecule has 0 aliphatic rings. The van der Waals surface area contributed by atoms with Crippen LogP contribution in [0.2, 0.25) is 0 Å². The van der Waals surface area contributed by atoms with Crippen LogP contribution >= 0.6 is 12.4 Å². The van der Waals surface area contributed by atoms with Gasteiger partial charge in [-0.05, 0) is 0 Å². The molecule has 88 valence electrons. The van der Waals surface area contributed by atoms with Crippen molar-refractivity contribution in [1.82, 2.24) is 0 Å². The molecule has 0 aromatic heterocycles. The van der Waals surface area contributed by atoms with Crippen molar-refractivity contribution in [2.45, 2.75) is 45.4 Å². The SMILES string of the molecule is Cl.[CH2-]CCCCCCC.[Mg+2].[c-]1ccccc1. The molecule has 1 rings (SSSR count).